The normalized spacial score (nSPS) is 21.9. The second-order valence-electron chi connectivity index (χ2n) is 7.63. The van der Waals surface area contributed by atoms with Gasteiger partial charge >= 0.3 is 0 Å². The van der Waals surface area contributed by atoms with Gasteiger partial charge in [-0.25, -0.2) is 4.90 Å². The van der Waals surface area contributed by atoms with Crippen LogP contribution in [0.1, 0.15) is 5.56 Å². The second kappa shape index (κ2) is 7.88. The number of allylic oxidation sites excluding steroid dienone is 5. The molecule has 1 heterocycles. The Morgan fingerprint density at radius 1 is 1.00 bits per heavy atom. The summed E-state index contributed by atoms with van der Waals surface area (Å²) in [7, 11) is 0. The number of carbonyl (C=O) groups is 2. The van der Waals surface area contributed by atoms with E-state index in [1.165, 1.54) is 0 Å². The Kier molecular flexibility index (Phi) is 5.05. The minimum Gasteiger partial charge on any atom is -0.381 e. The summed E-state index contributed by atoms with van der Waals surface area (Å²) < 4.78 is 0. The summed E-state index contributed by atoms with van der Waals surface area (Å²) in [6.45, 7) is 0.653. The highest BCUT2D eigenvalue weighted by Crippen LogP contribution is 2.45. The smallest absolute Gasteiger partial charge is 0.261 e. The van der Waals surface area contributed by atoms with E-state index in [-0.39, 0.29) is 17.7 Å². The van der Waals surface area contributed by atoms with E-state index in [9.17, 15) is 9.59 Å². The maximum absolute atomic E-state index is 13.4. The molecular weight excluding hydrogens is 431 g/mol. The van der Waals surface area contributed by atoms with Gasteiger partial charge < -0.3 is 5.32 Å². The van der Waals surface area contributed by atoms with Crippen LogP contribution in [-0.4, -0.2) is 11.8 Å². The van der Waals surface area contributed by atoms with Crippen molar-refractivity contribution in [2.75, 3.05) is 4.90 Å². The van der Waals surface area contributed by atoms with E-state index >= 15 is 0 Å². The van der Waals surface area contributed by atoms with Crippen LogP contribution in [0.15, 0.2) is 95.8 Å². The Morgan fingerprint density at radius 2 is 1.81 bits per heavy atom. The lowest BCUT2D eigenvalue weighted by molar-refractivity contribution is -0.129. The number of amides is 2. The van der Waals surface area contributed by atoms with Crippen LogP contribution in [0.25, 0.3) is 0 Å². The lowest BCUT2D eigenvalue weighted by Gasteiger charge is -2.41. The number of piperidine rings is 1. The first-order chi connectivity index (χ1) is 15.0. The van der Waals surface area contributed by atoms with Crippen molar-refractivity contribution in [1.82, 2.24) is 5.32 Å². The van der Waals surface area contributed by atoms with E-state index in [2.05, 4.69) is 17.4 Å². The van der Waals surface area contributed by atoms with Crippen molar-refractivity contribution < 1.29 is 9.59 Å². The van der Waals surface area contributed by atoms with Gasteiger partial charge in [-0.15, -0.1) is 0 Å². The lowest BCUT2D eigenvalue weighted by Crippen LogP contribution is -2.52. The summed E-state index contributed by atoms with van der Waals surface area (Å²) in [5.41, 5.74) is 3.90. The molecule has 1 fully saturated rings. The number of halogens is 2. The summed E-state index contributed by atoms with van der Waals surface area (Å²) >= 11 is 12.4. The van der Waals surface area contributed by atoms with Crippen LogP contribution in [0.2, 0.25) is 10.0 Å². The molecule has 2 aromatic rings. The van der Waals surface area contributed by atoms with Gasteiger partial charge in [-0.3, -0.25) is 9.59 Å². The molecule has 1 N–H and O–H groups in total. The van der Waals surface area contributed by atoms with Gasteiger partial charge in [0.2, 0.25) is 5.91 Å². The van der Waals surface area contributed by atoms with E-state index in [1.807, 2.05) is 42.5 Å². The van der Waals surface area contributed by atoms with Crippen molar-refractivity contribution in [3.8, 4) is 0 Å². The molecule has 2 aromatic carbocycles. The molecule has 2 aliphatic carbocycles. The van der Waals surface area contributed by atoms with Crippen molar-refractivity contribution in [3.63, 3.8) is 0 Å². The summed E-state index contributed by atoms with van der Waals surface area (Å²) in [6.07, 6.45) is 9.41. The monoisotopic (exact) mass is 448 g/mol. The maximum Gasteiger partial charge on any atom is 0.261 e. The molecule has 0 bridgehead atoms. The largest absolute Gasteiger partial charge is 0.381 e. The number of carbonyl (C=O) groups excluding carboxylic acids is 2. The number of rotatable bonds is 4. The van der Waals surface area contributed by atoms with Gasteiger partial charge in [0.25, 0.3) is 5.91 Å². The van der Waals surface area contributed by atoms with Crippen LogP contribution in [0.4, 0.5) is 5.69 Å². The van der Waals surface area contributed by atoms with Crippen LogP contribution in [0, 0.1) is 11.8 Å². The van der Waals surface area contributed by atoms with Gasteiger partial charge in [0.05, 0.1) is 16.6 Å². The molecule has 0 aromatic heterocycles. The van der Waals surface area contributed by atoms with Crippen LogP contribution in [0.3, 0.4) is 0 Å². The van der Waals surface area contributed by atoms with Gasteiger partial charge in [-0.2, -0.15) is 0 Å². The summed E-state index contributed by atoms with van der Waals surface area (Å²) in [6, 6.07) is 14.8. The molecule has 154 valence electrons. The van der Waals surface area contributed by atoms with Crippen molar-refractivity contribution in [3.05, 3.63) is 111 Å². The fraction of sp³-hybridized carbons (Fsp3) is 0.120. The number of benzene rings is 2. The Labute approximate surface area is 190 Å². The highest BCUT2D eigenvalue weighted by atomic mass is 35.5. The second-order valence-corrected chi connectivity index (χ2v) is 8.47. The minimum atomic E-state index is -0.485. The van der Waals surface area contributed by atoms with Crippen LogP contribution in [-0.2, 0) is 16.1 Å². The molecule has 1 aliphatic heterocycles. The minimum absolute atomic E-state index is 0.303. The molecule has 0 spiro atoms. The van der Waals surface area contributed by atoms with E-state index in [0.29, 0.717) is 27.9 Å². The number of hydrogen-bond acceptors (Lipinski definition) is 3. The van der Waals surface area contributed by atoms with Gasteiger partial charge in [-0.1, -0.05) is 77.8 Å². The number of anilines is 1. The topological polar surface area (TPSA) is 49.4 Å². The van der Waals surface area contributed by atoms with Crippen molar-refractivity contribution in [2.24, 2.45) is 11.8 Å². The summed E-state index contributed by atoms with van der Waals surface area (Å²) in [5.74, 6) is -1.47. The first kappa shape index (κ1) is 19.9. The molecule has 4 nitrogen and oxygen atoms in total. The van der Waals surface area contributed by atoms with Crippen molar-refractivity contribution in [2.45, 2.75) is 6.54 Å². The quantitative estimate of drug-likeness (QED) is 0.653. The van der Waals surface area contributed by atoms with E-state index in [4.69, 9.17) is 23.2 Å². The predicted molar refractivity (Wildman–Crippen MR) is 123 cm³/mol. The molecule has 3 aliphatic rings. The average Bonchev–Trinajstić information content (AvgIpc) is 2.79. The van der Waals surface area contributed by atoms with Gasteiger partial charge in [-0.05, 0) is 35.4 Å². The van der Waals surface area contributed by atoms with Gasteiger partial charge in [0.1, 0.15) is 0 Å². The molecule has 31 heavy (non-hydrogen) atoms. The Bertz CT molecular complexity index is 1210. The number of imide groups is 1. The summed E-state index contributed by atoms with van der Waals surface area (Å²) in [5, 5.41) is 4.17. The molecule has 2 amide bonds. The molecule has 0 saturated carbocycles. The SMILES string of the molecule is O=C1C2=CC=CC3=C(NCc4ccccc4)C=CC(C(=O)N1c1cc(Cl)ccc1Cl)C23. The molecule has 0 radical (unpaired) electrons. The molecule has 2 atom stereocenters. The molecule has 6 heteroatoms. The van der Waals surface area contributed by atoms with Crippen LogP contribution >= 0.6 is 23.2 Å². The van der Waals surface area contributed by atoms with Gasteiger partial charge in [0.15, 0.2) is 0 Å². The third-order valence-corrected chi connectivity index (χ3v) is 6.35. The fourth-order valence-corrected chi connectivity index (χ4v) is 4.70. The fourth-order valence-electron chi connectivity index (χ4n) is 4.33. The first-order valence-corrected chi connectivity index (χ1v) is 10.7. The summed E-state index contributed by atoms with van der Waals surface area (Å²) in [4.78, 5) is 28.0. The number of nitrogens with zero attached hydrogens (tertiary/aromatic N) is 1. The zero-order valence-electron chi connectivity index (χ0n) is 16.4. The van der Waals surface area contributed by atoms with Crippen LogP contribution in [0.5, 0.6) is 0 Å². The zero-order chi connectivity index (χ0) is 21.5. The van der Waals surface area contributed by atoms with E-state index in [1.54, 1.807) is 24.3 Å². The maximum atomic E-state index is 13.4. The van der Waals surface area contributed by atoms with Crippen LogP contribution < -0.4 is 10.2 Å². The Morgan fingerprint density at radius 3 is 2.61 bits per heavy atom. The predicted octanol–water partition coefficient (Wildman–Crippen LogP) is 5.21. The standard InChI is InChI=1S/C25H18Cl2N2O2/c26-16-9-11-20(27)22(13-16)29-24(30)18-8-4-7-17-21(12-10-19(23(17)18)25(29)31)28-14-15-5-2-1-3-6-15/h1-13,19,23,28H,14H2. The van der Waals surface area contributed by atoms with Gasteiger partial charge in [0, 0.05) is 28.8 Å². The number of nitrogens with one attached hydrogen (secondary N) is 1. The first-order valence-electron chi connectivity index (χ1n) is 9.96. The number of hydrogen-bond donors (Lipinski definition) is 1. The van der Waals surface area contributed by atoms with E-state index < -0.39 is 5.92 Å². The lowest BCUT2D eigenvalue weighted by atomic mass is 9.70. The Hall–Kier alpha value is -3.08. The third kappa shape index (κ3) is 3.42. The molecule has 5 rings (SSSR count). The third-order valence-electron chi connectivity index (χ3n) is 5.79. The molecule has 1 saturated heterocycles. The Balaban J connectivity index is 1.50. The van der Waals surface area contributed by atoms with Crippen molar-refractivity contribution in [1.29, 1.82) is 0 Å². The zero-order valence-corrected chi connectivity index (χ0v) is 17.9. The molecule has 2 unspecified atom stereocenters. The highest BCUT2D eigenvalue weighted by molar-refractivity contribution is 6.38. The van der Waals surface area contributed by atoms with Crippen molar-refractivity contribution >= 4 is 40.7 Å². The molecular formula is C25H18Cl2N2O2. The average molecular weight is 449 g/mol. The van der Waals surface area contributed by atoms with E-state index in [0.717, 1.165) is 21.7 Å². The highest BCUT2D eigenvalue weighted by Gasteiger charge is 2.48.